The lowest BCUT2D eigenvalue weighted by Gasteiger charge is -2.12. The molecule has 23 heavy (non-hydrogen) atoms. The summed E-state index contributed by atoms with van der Waals surface area (Å²) in [4.78, 5) is 18.9. The molecule has 1 heterocycles. The van der Waals surface area contributed by atoms with Crippen LogP contribution < -0.4 is 0 Å². The number of esters is 1. The number of aromatic nitrogens is 2. The predicted octanol–water partition coefficient (Wildman–Crippen LogP) is 3.92. The first kappa shape index (κ1) is 17.2. The Balaban J connectivity index is 2.36. The highest BCUT2D eigenvalue weighted by atomic mass is 35.5. The van der Waals surface area contributed by atoms with Gasteiger partial charge in [0.05, 0.1) is 6.61 Å². The molecule has 1 aromatic carbocycles. The van der Waals surface area contributed by atoms with Gasteiger partial charge in [-0.15, -0.1) is 0 Å². The number of rotatable bonds is 4. The van der Waals surface area contributed by atoms with Gasteiger partial charge < -0.3 is 4.74 Å². The van der Waals surface area contributed by atoms with Crippen LogP contribution in [0.15, 0.2) is 30.5 Å². The normalized spacial score (nSPS) is 11.3. The Hall–Kier alpha value is -2.15. The maximum atomic E-state index is 13.1. The van der Waals surface area contributed by atoms with Gasteiger partial charge in [0.25, 0.3) is 0 Å². The third-order valence-corrected chi connectivity index (χ3v) is 3.13. The molecule has 0 N–H and O–H groups in total. The largest absolute Gasteiger partial charge is 0.462 e. The Morgan fingerprint density at radius 3 is 2.48 bits per heavy atom. The van der Waals surface area contributed by atoms with Crippen molar-refractivity contribution in [2.24, 2.45) is 0 Å². The van der Waals surface area contributed by atoms with Crippen LogP contribution in [0, 0.1) is 0 Å². The molecule has 0 bridgehead atoms. The third-order valence-electron chi connectivity index (χ3n) is 2.88. The summed E-state index contributed by atoms with van der Waals surface area (Å²) in [5, 5.41) is 0.517. The first-order chi connectivity index (χ1) is 10.8. The number of alkyl halides is 3. The van der Waals surface area contributed by atoms with E-state index in [1.807, 2.05) is 0 Å². The zero-order valence-corrected chi connectivity index (χ0v) is 12.8. The summed E-state index contributed by atoms with van der Waals surface area (Å²) in [5.41, 5.74) is -1.29. The Bertz CT molecular complexity index is 703. The van der Waals surface area contributed by atoms with Crippen molar-refractivity contribution in [3.05, 3.63) is 58.1 Å². The lowest BCUT2D eigenvalue weighted by Crippen LogP contribution is -2.19. The third kappa shape index (κ3) is 4.41. The number of nitrogens with zero attached hydrogens (tertiary/aromatic N) is 2. The van der Waals surface area contributed by atoms with E-state index in [1.54, 1.807) is 24.3 Å². The summed E-state index contributed by atoms with van der Waals surface area (Å²) < 4.78 is 43.9. The number of halogens is 4. The van der Waals surface area contributed by atoms with Gasteiger partial charge in [0, 0.05) is 17.6 Å². The average molecular weight is 345 g/mol. The Morgan fingerprint density at radius 2 is 1.91 bits per heavy atom. The molecule has 0 radical (unpaired) electrons. The quantitative estimate of drug-likeness (QED) is 0.789. The standard InChI is InChI=1S/C15H12ClF3N2O2/c1-2-23-14(22)11-8-20-12(21-13(11)15(17,18)19)7-9-3-5-10(16)6-4-9/h3-6,8H,2,7H2,1H3. The van der Waals surface area contributed by atoms with Gasteiger partial charge in [0.15, 0.2) is 5.69 Å². The molecule has 0 unspecified atom stereocenters. The van der Waals surface area contributed by atoms with Crippen molar-refractivity contribution in [1.82, 2.24) is 9.97 Å². The van der Waals surface area contributed by atoms with E-state index in [-0.39, 0.29) is 18.9 Å². The lowest BCUT2D eigenvalue weighted by atomic mass is 10.1. The van der Waals surface area contributed by atoms with E-state index >= 15 is 0 Å². The zero-order valence-electron chi connectivity index (χ0n) is 12.0. The van der Waals surface area contributed by atoms with Crippen LogP contribution in [0.3, 0.4) is 0 Å². The van der Waals surface area contributed by atoms with Crippen molar-refractivity contribution in [2.45, 2.75) is 19.5 Å². The van der Waals surface area contributed by atoms with Gasteiger partial charge in [-0.3, -0.25) is 0 Å². The molecule has 0 fully saturated rings. The number of ether oxygens (including phenoxy) is 1. The van der Waals surface area contributed by atoms with Gasteiger partial charge in [0.1, 0.15) is 11.4 Å². The van der Waals surface area contributed by atoms with E-state index in [4.69, 9.17) is 11.6 Å². The van der Waals surface area contributed by atoms with Crippen molar-refractivity contribution in [2.75, 3.05) is 6.61 Å². The van der Waals surface area contributed by atoms with Gasteiger partial charge in [0.2, 0.25) is 0 Å². The molecule has 122 valence electrons. The molecule has 2 aromatic rings. The molecule has 0 aliphatic carbocycles. The van der Waals surface area contributed by atoms with Crippen LogP contribution in [0.25, 0.3) is 0 Å². The van der Waals surface area contributed by atoms with Crippen LogP contribution in [0.5, 0.6) is 0 Å². The van der Waals surface area contributed by atoms with E-state index in [9.17, 15) is 18.0 Å². The Labute approximate surface area is 135 Å². The van der Waals surface area contributed by atoms with Crippen molar-refractivity contribution in [3.63, 3.8) is 0 Å². The second-order valence-corrected chi connectivity index (χ2v) is 5.01. The molecule has 0 amide bonds. The molecule has 0 aliphatic rings. The van der Waals surface area contributed by atoms with Gasteiger partial charge in [-0.2, -0.15) is 13.2 Å². The summed E-state index contributed by atoms with van der Waals surface area (Å²) in [6.45, 7) is 1.46. The molecule has 2 rings (SSSR count). The molecule has 0 aliphatic heterocycles. The molecule has 0 spiro atoms. The van der Waals surface area contributed by atoms with Crippen molar-refractivity contribution < 1.29 is 22.7 Å². The second kappa shape index (κ2) is 6.95. The minimum atomic E-state index is -4.78. The fourth-order valence-corrected chi connectivity index (χ4v) is 1.99. The number of hydrogen-bond acceptors (Lipinski definition) is 4. The van der Waals surface area contributed by atoms with Crippen molar-refractivity contribution in [3.8, 4) is 0 Å². The summed E-state index contributed by atoms with van der Waals surface area (Å²) >= 11 is 5.75. The van der Waals surface area contributed by atoms with Crippen LogP contribution in [-0.2, 0) is 17.3 Å². The van der Waals surface area contributed by atoms with Gasteiger partial charge in [-0.05, 0) is 24.6 Å². The molecule has 8 heteroatoms. The molecule has 0 saturated heterocycles. The van der Waals surface area contributed by atoms with E-state index in [2.05, 4.69) is 14.7 Å². The zero-order chi connectivity index (χ0) is 17.0. The highest BCUT2D eigenvalue weighted by Gasteiger charge is 2.38. The van der Waals surface area contributed by atoms with E-state index < -0.39 is 23.4 Å². The number of carbonyl (C=O) groups is 1. The van der Waals surface area contributed by atoms with Crippen LogP contribution in [-0.4, -0.2) is 22.5 Å². The number of carbonyl (C=O) groups excluding carboxylic acids is 1. The molecule has 0 atom stereocenters. The average Bonchev–Trinajstić information content (AvgIpc) is 2.49. The highest BCUT2D eigenvalue weighted by molar-refractivity contribution is 6.30. The monoisotopic (exact) mass is 344 g/mol. The van der Waals surface area contributed by atoms with E-state index in [1.165, 1.54) is 6.92 Å². The predicted molar refractivity (Wildman–Crippen MR) is 77.2 cm³/mol. The summed E-state index contributed by atoms with van der Waals surface area (Å²) in [7, 11) is 0. The molecule has 1 aromatic heterocycles. The summed E-state index contributed by atoms with van der Waals surface area (Å²) in [6.07, 6.45) is -3.85. The van der Waals surface area contributed by atoms with E-state index in [0.717, 1.165) is 6.20 Å². The Morgan fingerprint density at radius 1 is 1.26 bits per heavy atom. The molecular formula is C15H12ClF3N2O2. The SMILES string of the molecule is CCOC(=O)c1cnc(Cc2ccc(Cl)cc2)nc1C(F)(F)F. The number of benzene rings is 1. The van der Waals surface area contributed by atoms with Crippen LogP contribution >= 0.6 is 11.6 Å². The molecule has 4 nitrogen and oxygen atoms in total. The Kier molecular flexibility index (Phi) is 5.20. The first-order valence-corrected chi connectivity index (χ1v) is 7.03. The fraction of sp³-hybridized carbons (Fsp3) is 0.267. The van der Waals surface area contributed by atoms with Gasteiger partial charge in [-0.1, -0.05) is 23.7 Å². The minimum absolute atomic E-state index is 0.0390. The summed E-state index contributed by atoms with van der Waals surface area (Å²) in [6, 6.07) is 6.57. The second-order valence-electron chi connectivity index (χ2n) is 4.57. The smallest absolute Gasteiger partial charge is 0.434 e. The van der Waals surface area contributed by atoms with Crippen LogP contribution in [0.4, 0.5) is 13.2 Å². The molecular weight excluding hydrogens is 333 g/mol. The highest BCUT2D eigenvalue weighted by Crippen LogP contribution is 2.30. The lowest BCUT2D eigenvalue weighted by molar-refractivity contribution is -0.142. The first-order valence-electron chi connectivity index (χ1n) is 6.66. The molecule has 0 saturated carbocycles. The van der Waals surface area contributed by atoms with Crippen molar-refractivity contribution in [1.29, 1.82) is 0 Å². The van der Waals surface area contributed by atoms with Crippen molar-refractivity contribution >= 4 is 17.6 Å². The minimum Gasteiger partial charge on any atom is -0.462 e. The number of hydrogen-bond donors (Lipinski definition) is 0. The topological polar surface area (TPSA) is 52.1 Å². The summed E-state index contributed by atoms with van der Waals surface area (Å²) in [5.74, 6) is -1.15. The maximum absolute atomic E-state index is 13.1. The van der Waals surface area contributed by atoms with Crippen LogP contribution in [0.2, 0.25) is 5.02 Å². The maximum Gasteiger partial charge on any atom is 0.434 e. The fourth-order valence-electron chi connectivity index (χ4n) is 1.86. The van der Waals surface area contributed by atoms with Crippen LogP contribution in [0.1, 0.15) is 34.4 Å². The van der Waals surface area contributed by atoms with E-state index in [0.29, 0.717) is 10.6 Å². The van der Waals surface area contributed by atoms with Gasteiger partial charge >= 0.3 is 12.1 Å². The van der Waals surface area contributed by atoms with Gasteiger partial charge in [-0.25, -0.2) is 14.8 Å².